The molecule has 130 valence electrons. The molecule has 0 saturated carbocycles. The van der Waals surface area contributed by atoms with Crippen LogP contribution in [0.3, 0.4) is 0 Å². The van der Waals surface area contributed by atoms with Gasteiger partial charge in [-0.25, -0.2) is 4.99 Å². The highest BCUT2D eigenvalue weighted by Gasteiger charge is 2.21. The summed E-state index contributed by atoms with van der Waals surface area (Å²) in [6.45, 7) is 6.67. The van der Waals surface area contributed by atoms with Gasteiger partial charge in [0, 0.05) is 18.8 Å². The van der Waals surface area contributed by atoms with Crippen LogP contribution in [0, 0.1) is 0 Å². The van der Waals surface area contributed by atoms with Gasteiger partial charge in [0.2, 0.25) is 5.12 Å². The molecule has 0 N–H and O–H groups in total. The molecule has 0 fully saturated rings. The lowest BCUT2D eigenvalue weighted by atomic mass is 10.1. The Labute approximate surface area is 154 Å². The van der Waals surface area contributed by atoms with Crippen molar-refractivity contribution in [3.05, 3.63) is 35.5 Å². The lowest BCUT2D eigenvalue weighted by Crippen LogP contribution is -2.25. The molecule has 1 aromatic rings. The number of unbranched alkanes of at least 4 members (excludes halogenated alkanes) is 2. The minimum Gasteiger partial charge on any atom is -0.372 e. The molecule has 0 bridgehead atoms. The van der Waals surface area contributed by atoms with E-state index in [1.165, 1.54) is 54.9 Å². The van der Waals surface area contributed by atoms with Gasteiger partial charge in [0.25, 0.3) is 0 Å². The van der Waals surface area contributed by atoms with Gasteiger partial charge in [0.05, 0.1) is 0 Å². The van der Waals surface area contributed by atoms with Crippen LogP contribution >= 0.6 is 23.5 Å². The molecule has 0 aromatic heterocycles. The van der Waals surface area contributed by atoms with Gasteiger partial charge < -0.3 is 4.90 Å². The first-order valence-corrected chi connectivity index (χ1v) is 10.6. The molecule has 1 aromatic carbocycles. The van der Waals surface area contributed by atoms with Gasteiger partial charge in [-0.1, -0.05) is 38.8 Å². The van der Waals surface area contributed by atoms with Gasteiger partial charge in [0.1, 0.15) is 10.1 Å². The van der Waals surface area contributed by atoms with E-state index in [0.29, 0.717) is 5.70 Å². The summed E-state index contributed by atoms with van der Waals surface area (Å²) in [5.74, 6) is 0. The zero-order chi connectivity index (χ0) is 17.4. The average molecular weight is 363 g/mol. The Hall–Kier alpha value is -1.20. The molecule has 0 radical (unpaired) electrons. The second-order valence-corrected chi connectivity index (χ2v) is 7.80. The molecule has 24 heavy (non-hydrogen) atoms. The van der Waals surface area contributed by atoms with Crippen LogP contribution in [0.25, 0.3) is 6.08 Å². The van der Waals surface area contributed by atoms with Crippen molar-refractivity contribution >= 4 is 44.8 Å². The molecular formula is C19H26N2OS2. The number of hydrogen-bond acceptors (Lipinski definition) is 5. The van der Waals surface area contributed by atoms with E-state index in [9.17, 15) is 4.79 Å². The zero-order valence-corrected chi connectivity index (χ0v) is 16.4. The fraction of sp³-hybridized carbons (Fsp3) is 0.474. The van der Waals surface area contributed by atoms with E-state index in [2.05, 4.69) is 48.0 Å². The van der Waals surface area contributed by atoms with E-state index >= 15 is 0 Å². The first kappa shape index (κ1) is 19.1. The molecule has 5 heteroatoms. The van der Waals surface area contributed by atoms with Crippen molar-refractivity contribution in [2.24, 2.45) is 4.99 Å². The summed E-state index contributed by atoms with van der Waals surface area (Å²) in [5.41, 5.74) is 2.84. The van der Waals surface area contributed by atoms with E-state index in [-0.39, 0.29) is 5.12 Å². The van der Waals surface area contributed by atoms with Gasteiger partial charge in [-0.15, -0.1) is 11.8 Å². The molecule has 3 nitrogen and oxygen atoms in total. The second-order valence-electron chi connectivity index (χ2n) is 5.79. The van der Waals surface area contributed by atoms with Crippen molar-refractivity contribution in [2.75, 3.05) is 24.2 Å². The number of hydrogen-bond donors (Lipinski definition) is 0. The normalized spacial score (nSPS) is 15.9. The Morgan fingerprint density at radius 1 is 1.12 bits per heavy atom. The van der Waals surface area contributed by atoms with Gasteiger partial charge in [-0.2, -0.15) is 0 Å². The molecule has 1 heterocycles. The van der Waals surface area contributed by atoms with Crippen molar-refractivity contribution in [1.82, 2.24) is 0 Å². The summed E-state index contributed by atoms with van der Waals surface area (Å²) in [4.78, 5) is 18.7. The van der Waals surface area contributed by atoms with E-state index < -0.39 is 0 Å². The number of aliphatic imine (C=N–C) groups is 1. The highest BCUT2D eigenvalue weighted by molar-refractivity contribution is 8.45. The number of carbonyl (C=O) groups excluding carboxylic acids is 1. The predicted molar refractivity (Wildman–Crippen MR) is 110 cm³/mol. The summed E-state index contributed by atoms with van der Waals surface area (Å²) in [6.07, 6.45) is 8.67. The van der Waals surface area contributed by atoms with Crippen molar-refractivity contribution < 1.29 is 4.79 Å². The van der Waals surface area contributed by atoms with E-state index in [1.54, 1.807) is 0 Å². The predicted octanol–water partition coefficient (Wildman–Crippen LogP) is 5.43. The first-order valence-electron chi connectivity index (χ1n) is 8.59. The number of thioether (sulfide) groups is 2. The second kappa shape index (κ2) is 9.94. The fourth-order valence-electron chi connectivity index (χ4n) is 2.48. The summed E-state index contributed by atoms with van der Waals surface area (Å²) in [7, 11) is 0. The topological polar surface area (TPSA) is 32.7 Å². The summed E-state index contributed by atoms with van der Waals surface area (Å²) in [6, 6.07) is 8.47. The third kappa shape index (κ3) is 5.42. The Morgan fingerprint density at radius 3 is 2.25 bits per heavy atom. The smallest absolute Gasteiger partial charge is 0.244 e. The fourth-order valence-corrected chi connectivity index (χ4v) is 3.75. The minimum absolute atomic E-state index is 0.0379. The molecule has 1 aliphatic heterocycles. The van der Waals surface area contributed by atoms with Crippen LogP contribution in [-0.2, 0) is 4.79 Å². The Balaban J connectivity index is 2.11. The monoisotopic (exact) mass is 362 g/mol. The maximum absolute atomic E-state index is 11.9. The lowest BCUT2D eigenvalue weighted by molar-refractivity contribution is -0.107. The molecular weight excluding hydrogens is 336 g/mol. The van der Waals surface area contributed by atoms with Crippen molar-refractivity contribution in [2.45, 2.75) is 39.5 Å². The first-order chi connectivity index (χ1) is 11.7. The van der Waals surface area contributed by atoms with Crippen LogP contribution < -0.4 is 4.90 Å². The highest BCUT2D eigenvalue weighted by atomic mass is 32.2. The van der Waals surface area contributed by atoms with Crippen LogP contribution in [0.1, 0.15) is 45.1 Å². The van der Waals surface area contributed by atoms with Gasteiger partial charge in [-0.3, -0.25) is 4.79 Å². The number of nitrogens with zero attached hydrogens (tertiary/aromatic N) is 2. The summed E-state index contributed by atoms with van der Waals surface area (Å²) >= 11 is 2.73. The molecule has 0 atom stereocenters. The van der Waals surface area contributed by atoms with Gasteiger partial charge in [-0.05, 0) is 54.6 Å². The van der Waals surface area contributed by atoms with Crippen LogP contribution in [0.5, 0.6) is 0 Å². The Morgan fingerprint density at radius 2 is 1.75 bits per heavy atom. The summed E-state index contributed by atoms with van der Waals surface area (Å²) in [5, 5.41) is 0.0379. The molecule has 0 aliphatic carbocycles. The standard InChI is InChI=1S/C19H26N2OS2/c1-4-6-12-21(13-7-5-2)16-10-8-15(9-11-16)14-17-18(22)24-19(20-17)23-3/h8-11,14H,4-7,12-13H2,1-3H3. The van der Waals surface area contributed by atoms with E-state index in [0.717, 1.165) is 23.0 Å². The molecule has 0 unspecified atom stereocenters. The number of anilines is 1. The average Bonchev–Trinajstić information content (AvgIpc) is 2.96. The SMILES string of the molecule is CCCCN(CCCC)c1ccc(C=C2N=C(SC)SC2=O)cc1. The third-order valence-corrected chi connectivity index (χ3v) is 5.75. The molecule has 0 saturated heterocycles. The van der Waals surface area contributed by atoms with Crippen LogP contribution in [0.15, 0.2) is 35.0 Å². The van der Waals surface area contributed by atoms with Crippen molar-refractivity contribution in [1.29, 1.82) is 0 Å². The molecule has 0 amide bonds. The number of carbonyl (C=O) groups is 1. The van der Waals surface area contributed by atoms with Crippen LogP contribution in [-0.4, -0.2) is 28.8 Å². The maximum atomic E-state index is 11.9. The number of rotatable bonds is 8. The third-order valence-electron chi connectivity index (χ3n) is 3.90. The highest BCUT2D eigenvalue weighted by Crippen LogP contribution is 2.30. The van der Waals surface area contributed by atoms with Crippen molar-refractivity contribution in [3.8, 4) is 0 Å². The zero-order valence-electron chi connectivity index (χ0n) is 14.7. The summed E-state index contributed by atoms with van der Waals surface area (Å²) < 4.78 is 0.827. The Bertz CT molecular complexity index is 600. The van der Waals surface area contributed by atoms with Crippen LogP contribution in [0.4, 0.5) is 5.69 Å². The van der Waals surface area contributed by atoms with Crippen molar-refractivity contribution in [3.63, 3.8) is 0 Å². The van der Waals surface area contributed by atoms with Crippen LogP contribution in [0.2, 0.25) is 0 Å². The van der Waals surface area contributed by atoms with Gasteiger partial charge in [0.15, 0.2) is 0 Å². The molecule has 1 aliphatic rings. The van der Waals surface area contributed by atoms with E-state index in [4.69, 9.17) is 0 Å². The molecule has 0 spiro atoms. The Kier molecular flexibility index (Phi) is 7.92. The minimum atomic E-state index is 0.0379. The number of benzene rings is 1. The van der Waals surface area contributed by atoms with Gasteiger partial charge >= 0.3 is 0 Å². The largest absolute Gasteiger partial charge is 0.372 e. The maximum Gasteiger partial charge on any atom is 0.244 e. The molecule has 2 rings (SSSR count). The quantitative estimate of drug-likeness (QED) is 0.578. The lowest BCUT2D eigenvalue weighted by Gasteiger charge is -2.24. The van der Waals surface area contributed by atoms with E-state index in [1.807, 2.05) is 12.3 Å².